The number of nitriles is 1. The molecule has 0 aliphatic carbocycles. The van der Waals surface area contributed by atoms with Gasteiger partial charge in [-0.1, -0.05) is 0 Å². The highest BCUT2D eigenvalue weighted by molar-refractivity contribution is 7.99. The van der Waals surface area contributed by atoms with Gasteiger partial charge in [0.1, 0.15) is 5.75 Å². The van der Waals surface area contributed by atoms with Crippen LogP contribution in [-0.4, -0.2) is 53.0 Å². The number of primary amides is 1. The molecule has 0 spiro atoms. The molecule has 1 atom stereocenters. The van der Waals surface area contributed by atoms with Gasteiger partial charge in [0.05, 0.1) is 35.8 Å². The van der Waals surface area contributed by atoms with Gasteiger partial charge in [-0.05, 0) is 31.4 Å². The van der Waals surface area contributed by atoms with Crippen LogP contribution < -0.4 is 10.5 Å². The Kier molecular flexibility index (Phi) is 7.34. The number of thioether (sulfide) groups is 1. The molecule has 30 heavy (non-hydrogen) atoms. The fraction of sp³-hybridized carbons (Fsp3) is 0.294. The summed E-state index contributed by atoms with van der Waals surface area (Å²) in [5.74, 6) is -2.68. The van der Waals surface area contributed by atoms with Gasteiger partial charge >= 0.3 is 17.5 Å². The molecule has 0 saturated carbocycles. The molecule has 0 fully saturated rings. The average Bonchev–Trinajstić information content (AvgIpc) is 2.72. The largest absolute Gasteiger partial charge is 0.461 e. The third-order valence-corrected chi connectivity index (χ3v) is 4.43. The van der Waals surface area contributed by atoms with E-state index in [-0.39, 0.29) is 23.5 Å². The summed E-state index contributed by atoms with van der Waals surface area (Å²) in [6.07, 6.45) is 1.63. The number of amides is 1. The molecule has 0 saturated heterocycles. The second kappa shape index (κ2) is 9.72. The Balaban J connectivity index is 2.73. The van der Waals surface area contributed by atoms with Crippen molar-refractivity contribution >= 4 is 29.4 Å². The van der Waals surface area contributed by atoms with Gasteiger partial charge in [-0.2, -0.15) is 10.3 Å². The lowest BCUT2D eigenvalue weighted by molar-refractivity contribution is -0.421. The molecule has 2 rings (SSSR count). The first-order valence-electron chi connectivity index (χ1n) is 8.30. The first-order valence-corrected chi connectivity index (χ1v) is 9.59. The second-order valence-corrected chi connectivity index (χ2v) is 6.36. The van der Waals surface area contributed by atoms with E-state index in [9.17, 15) is 19.7 Å². The number of nitrogens with zero attached hydrogens (tertiary/aromatic N) is 4. The lowest BCUT2D eigenvalue weighted by Crippen LogP contribution is -2.42. The molecular weight excluding hydrogens is 418 g/mol. The number of carbonyl (C=O) groups is 2. The number of ether oxygens (including phenoxy) is 2. The molecule has 1 heterocycles. The molecule has 1 aliphatic heterocycles. The minimum Gasteiger partial charge on any atom is -0.461 e. The van der Waals surface area contributed by atoms with Gasteiger partial charge in [0.2, 0.25) is 5.71 Å². The monoisotopic (exact) mass is 435 g/mol. The summed E-state index contributed by atoms with van der Waals surface area (Å²) in [6, 6.07) is 5.63. The van der Waals surface area contributed by atoms with E-state index in [1.807, 2.05) is 6.07 Å². The molecule has 0 radical (unpaired) electrons. The van der Waals surface area contributed by atoms with Gasteiger partial charge in [-0.25, -0.2) is 9.79 Å². The number of rotatable bonds is 8. The number of carbonyl (C=O) groups excluding carboxylic acids is 2. The van der Waals surface area contributed by atoms with E-state index in [1.54, 1.807) is 6.26 Å². The predicted molar refractivity (Wildman–Crippen MR) is 105 cm³/mol. The van der Waals surface area contributed by atoms with Gasteiger partial charge in [0, 0.05) is 0 Å². The Bertz CT molecular complexity index is 985. The van der Waals surface area contributed by atoms with E-state index < -0.39 is 39.6 Å². The van der Waals surface area contributed by atoms with Crippen LogP contribution in [0.25, 0.3) is 0 Å². The standard InChI is InChI=1S/C17H17N5O7S/c1-4-28-16(24)12-13(22(25)26)15(21(27-2)17(20-12)30-3)29-11-7-9(8-18)5-6-10(11)14(19)23/h5-7,17H,4H2,1-3H3,(H2,19,23). The first kappa shape index (κ1) is 22.7. The minimum absolute atomic E-state index is 0.0347. The maximum absolute atomic E-state index is 12.3. The molecule has 1 aromatic carbocycles. The van der Waals surface area contributed by atoms with Crippen molar-refractivity contribution in [1.82, 2.24) is 5.06 Å². The molecule has 1 amide bonds. The molecule has 13 heteroatoms. The van der Waals surface area contributed by atoms with Crippen molar-refractivity contribution in [2.75, 3.05) is 20.0 Å². The number of hydrogen-bond donors (Lipinski definition) is 1. The van der Waals surface area contributed by atoms with Crippen LogP contribution in [0.2, 0.25) is 0 Å². The molecule has 1 aromatic rings. The summed E-state index contributed by atoms with van der Waals surface area (Å²) in [4.78, 5) is 44.2. The highest BCUT2D eigenvalue weighted by atomic mass is 32.2. The minimum atomic E-state index is -1.03. The van der Waals surface area contributed by atoms with Gasteiger partial charge < -0.3 is 15.2 Å². The summed E-state index contributed by atoms with van der Waals surface area (Å²) in [5.41, 5.74) is 2.96. The first-order chi connectivity index (χ1) is 14.3. The summed E-state index contributed by atoms with van der Waals surface area (Å²) in [7, 11) is 1.22. The molecule has 1 unspecified atom stereocenters. The fourth-order valence-electron chi connectivity index (χ4n) is 2.44. The summed E-state index contributed by atoms with van der Waals surface area (Å²) < 4.78 is 10.5. The number of benzene rings is 1. The Morgan fingerprint density at radius 3 is 2.67 bits per heavy atom. The van der Waals surface area contributed by atoms with Crippen LogP contribution in [0.4, 0.5) is 0 Å². The third-order valence-electron chi connectivity index (χ3n) is 3.71. The highest BCUT2D eigenvalue weighted by Crippen LogP contribution is 2.32. The fourth-order valence-corrected chi connectivity index (χ4v) is 3.03. The third kappa shape index (κ3) is 4.50. The number of hydrogen-bond acceptors (Lipinski definition) is 11. The number of nitro groups is 1. The van der Waals surface area contributed by atoms with Crippen LogP contribution >= 0.6 is 11.8 Å². The Morgan fingerprint density at radius 2 is 2.17 bits per heavy atom. The maximum Gasteiger partial charge on any atom is 0.364 e. The number of nitrogens with two attached hydrogens (primary N) is 1. The number of hydroxylamine groups is 2. The van der Waals surface area contributed by atoms with Gasteiger partial charge in [0.25, 0.3) is 5.91 Å². The molecule has 1 aliphatic rings. The highest BCUT2D eigenvalue weighted by Gasteiger charge is 2.44. The molecule has 158 valence electrons. The van der Waals surface area contributed by atoms with Crippen LogP contribution in [0, 0.1) is 21.4 Å². The van der Waals surface area contributed by atoms with Crippen LogP contribution in [0.15, 0.2) is 34.8 Å². The predicted octanol–water partition coefficient (Wildman–Crippen LogP) is 1.01. The van der Waals surface area contributed by atoms with E-state index in [2.05, 4.69) is 4.99 Å². The van der Waals surface area contributed by atoms with Crippen molar-refractivity contribution in [2.24, 2.45) is 10.7 Å². The quantitative estimate of drug-likeness (QED) is 0.353. The Labute approximate surface area is 175 Å². The Morgan fingerprint density at radius 1 is 1.47 bits per heavy atom. The average molecular weight is 435 g/mol. The van der Waals surface area contributed by atoms with Crippen molar-refractivity contribution in [2.45, 2.75) is 12.4 Å². The van der Waals surface area contributed by atoms with Crippen molar-refractivity contribution in [3.63, 3.8) is 0 Å². The lowest BCUT2D eigenvalue weighted by Gasteiger charge is -2.31. The van der Waals surface area contributed by atoms with E-state index in [1.165, 1.54) is 32.2 Å². The van der Waals surface area contributed by atoms with Gasteiger partial charge in [-0.15, -0.1) is 11.8 Å². The molecule has 0 aromatic heterocycles. The van der Waals surface area contributed by atoms with Crippen molar-refractivity contribution in [3.8, 4) is 11.8 Å². The smallest absolute Gasteiger partial charge is 0.364 e. The normalized spacial score (nSPS) is 15.9. The second-order valence-electron chi connectivity index (χ2n) is 5.47. The summed E-state index contributed by atoms with van der Waals surface area (Å²) >= 11 is 1.09. The van der Waals surface area contributed by atoms with Crippen LogP contribution in [0.5, 0.6) is 5.75 Å². The lowest BCUT2D eigenvalue weighted by atomic mass is 10.1. The van der Waals surface area contributed by atoms with Gasteiger partial charge in [0.15, 0.2) is 5.50 Å². The Hall–Kier alpha value is -3.63. The summed E-state index contributed by atoms with van der Waals surface area (Å²) in [6.45, 7) is 1.50. The van der Waals surface area contributed by atoms with Crippen LogP contribution in [0.1, 0.15) is 22.8 Å². The number of aliphatic imine (C=N–C) groups is 1. The molecule has 0 bridgehead atoms. The zero-order valence-corrected chi connectivity index (χ0v) is 17.0. The van der Waals surface area contributed by atoms with Crippen molar-refractivity contribution < 1.29 is 28.8 Å². The molecular formula is C17H17N5O7S. The van der Waals surface area contributed by atoms with Gasteiger partial charge in [-0.3, -0.25) is 19.7 Å². The summed E-state index contributed by atoms with van der Waals surface area (Å²) in [5, 5.41) is 21.9. The van der Waals surface area contributed by atoms with E-state index in [0.717, 1.165) is 16.8 Å². The SMILES string of the molecule is CCOC(=O)C1=NC(SC)N(OC)C(Oc2cc(C#N)ccc2C(N)=O)=C1[N+](=O)[O-]. The maximum atomic E-state index is 12.3. The van der Waals surface area contributed by atoms with Crippen molar-refractivity contribution in [3.05, 3.63) is 51.0 Å². The van der Waals surface area contributed by atoms with E-state index in [0.29, 0.717) is 0 Å². The number of esters is 1. The van der Waals surface area contributed by atoms with Crippen molar-refractivity contribution in [1.29, 1.82) is 5.26 Å². The zero-order valence-electron chi connectivity index (χ0n) is 16.1. The van der Waals surface area contributed by atoms with E-state index >= 15 is 0 Å². The molecule has 2 N–H and O–H groups in total. The zero-order chi connectivity index (χ0) is 22.4. The van der Waals surface area contributed by atoms with E-state index in [4.69, 9.17) is 25.3 Å². The molecule has 12 nitrogen and oxygen atoms in total. The van der Waals surface area contributed by atoms with Crippen LogP contribution in [0.3, 0.4) is 0 Å². The topological polar surface area (TPSA) is 170 Å². The van der Waals surface area contributed by atoms with Crippen LogP contribution in [-0.2, 0) is 14.4 Å².